The molecule has 0 atom stereocenters. The second-order valence-corrected chi connectivity index (χ2v) is 3.68. The van der Waals surface area contributed by atoms with E-state index in [0.717, 1.165) is 11.3 Å². The lowest BCUT2D eigenvalue weighted by atomic mass is 10.2. The number of fused-ring (bicyclic) bond motifs is 1. The van der Waals surface area contributed by atoms with Crippen LogP contribution >= 0.6 is 0 Å². The number of esters is 1. The minimum absolute atomic E-state index is 0.220. The first-order chi connectivity index (χ1) is 8.29. The zero-order chi connectivity index (χ0) is 12.1. The van der Waals surface area contributed by atoms with Gasteiger partial charge in [0.05, 0.1) is 0 Å². The summed E-state index contributed by atoms with van der Waals surface area (Å²) >= 11 is 0. The van der Waals surface area contributed by atoms with Gasteiger partial charge in [0.2, 0.25) is 6.79 Å². The molecule has 0 radical (unpaired) electrons. The highest BCUT2D eigenvalue weighted by Crippen LogP contribution is 2.32. The Bertz CT molecular complexity index is 425. The summed E-state index contributed by atoms with van der Waals surface area (Å²) < 4.78 is 15.5. The van der Waals surface area contributed by atoms with E-state index in [1.807, 2.05) is 18.2 Å². The Morgan fingerprint density at radius 1 is 1.41 bits per heavy atom. The van der Waals surface area contributed by atoms with Gasteiger partial charge in [-0.15, -0.1) is 6.58 Å². The van der Waals surface area contributed by atoms with E-state index < -0.39 is 0 Å². The molecule has 0 N–H and O–H groups in total. The van der Waals surface area contributed by atoms with Gasteiger partial charge < -0.3 is 14.2 Å². The normalized spacial score (nSPS) is 12.2. The van der Waals surface area contributed by atoms with E-state index in [-0.39, 0.29) is 19.4 Å². The molecule has 0 amide bonds. The predicted molar refractivity (Wildman–Crippen MR) is 61.8 cm³/mol. The van der Waals surface area contributed by atoms with Gasteiger partial charge in [0.1, 0.15) is 6.61 Å². The standard InChI is InChI=1S/C13H14O4/c1-2-3-4-13(14)15-8-10-5-6-11-12(7-10)17-9-16-11/h2,5-7H,1,3-4,8-9H2. The maximum atomic E-state index is 11.3. The van der Waals surface area contributed by atoms with Gasteiger partial charge in [-0.05, 0) is 24.1 Å². The molecular weight excluding hydrogens is 220 g/mol. The van der Waals surface area contributed by atoms with Crippen molar-refractivity contribution in [1.29, 1.82) is 0 Å². The Hall–Kier alpha value is -1.97. The molecule has 1 aromatic rings. The van der Waals surface area contributed by atoms with Crippen LogP contribution in [0.1, 0.15) is 18.4 Å². The summed E-state index contributed by atoms with van der Waals surface area (Å²) in [5.74, 6) is 1.21. The summed E-state index contributed by atoms with van der Waals surface area (Å²) in [6, 6.07) is 5.49. The summed E-state index contributed by atoms with van der Waals surface area (Å²) in [4.78, 5) is 11.3. The van der Waals surface area contributed by atoms with Crippen LogP contribution in [0.3, 0.4) is 0 Å². The van der Waals surface area contributed by atoms with E-state index in [1.165, 1.54) is 0 Å². The van der Waals surface area contributed by atoms with E-state index in [1.54, 1.807) is 6.08 Å². The first-order valence-electron chi connectivity index (χ1n) is 5.44. The number of hydrogen-bond donors (Lipinski definition) is 0. The molecule has 90 valence electrons. The fraction of sp³-hybridized carbons (Fsp3) is 0.308. The maximum absolute atomic E-state index is 11.3. The van der Waals surface area contributed by atoms with Crippen molar-refractivity contribution in [2.45, 2.75) is 19.4 Å². The van der Waals surface area contributed by atoms with Crippen LogP contribution in [-0.2, 0) is 16.1 Å². The lowest BCUT2D eigenvalue weighted by Crippen LogP contribution is -2.03. The molecule has 0 aliphatic carbocycles. The Balaban J connectivity index is 1.87. The minimum atomic E-state index is -0.220. The molecule has 2 rings (SSSR count). The Morgan fingerprint density at radius 3 is 3.06 bits per heavy atom. The van der Waals surface area contributed by atoms with Crippen molar-refractivity contribution in [2.24, 2.45) is 0 Å². The topological polar surface area (TPSA) is 44.8 Å². The molecule has 0 saturated heterocycles. The highest BCUT2D eigenvalue weighted by atomic mass is 16.7. The predicted octanol–water partition coefficient (Wildman–Crippen LogP) is 2.42. The zero-order valence-electron chi connectivity index (χ0n) is 9.48. The van der Waals surface area contributed by atoms with Crippen molar-refractivity contribution in [1.82, 2.24) is 0 Å². The lowest BCUT2D eigenvalue weighted by molar-refractivity contribution is -0.144. The van der Waals surface area contributed by atoms with Crippen LogP contribution in [0, 0.1) is 0 Å². The fourth-order valence-corrected chi connectivity index (χ4v) is 1.49. The van der Waals surface area contributed by atoms with Gasteiger partial charge in [0.25, 0.3) is 0 Å². The van der Waals surface area contributed by atoms with E-state index >= 15 is 0 Å². The Kier molecular flexibility index (Phi) is 3.65. The average Bonchev–Trinajstić information content (AvgIpc) is 2.81. The molecule has 0 aromatic heterocycles. The van der Waals surface area contributed by atoms with Crippen LogP contribution in [0.2, 0.25) is 0 Å². The van der Waals surface area contributed by atoms with E-state index in [2.05, 4.69) is 6.58 Å². The molecule has 0 bridgehead atoms. The average molecular weight is 234 g/mol. The van der Waals surface area contributed by atoms with Crippen molar-refractivity contribution >= 4 is 5.97 Å². The number of rotatable bonds is 5. The van der Waals surface area contributed by atoms with Crippen LogP contribution in [0.5, 0.6) is 11.5 Å². The summed E-state index contributed by atoms with van der Waals surface area (Å²) in [6.45, 7) is 4.06. The minimum Gasteiger partial charge on any atom is -0.461 e. The molecular formula is C13H14O4. The van der Waals surface area contributed by atoms with Gasteiger partial charge in [0, 0.05) is 6.42 Å². The highest BCUT2D eigenvalue weighted by Gasteiger charge is 2.13. The summed E-state index contributed by atoms with van der Waals surface area (Å²) in [6.07, 6.45) is 2.70. The van der Waals surface area contributed by atoms with Crippen molar-refractivity contribution in [3.63, 3.8) is 0 Å². The molecule has 0 saturated carbocycles. The van der Waals surface area contributed by atoms with Crippen LogP contribution in [0.4, 0.5) is 0 Å². The highest BCUT2D eigenvalue weighted by molar-refractivity contribution is 5.69. The fourth-order valence-electron chi connectivity index (χ4n) is 1.49. The first-order valence-corrected chi connectivity index (χ1v) is 5.44. The molecule has 0 spiro atoms. The third-order valence-electron chi connectivity index (χ3n) is 2.39. The summed E-state index contributed by atoms with van der Waals surface area (Å²) in [5.41, 5.74) is 0.890. The zero-order valence-corrected chi connectivity index (χ0v) is 9.48. The van der Waals surface area contributed by atoms with Gasteiger partial charge in [-0.1, -0.05) is 12.1 Å². The van der Waals surface area contributed by atoms with Crippen LogP contribution in [-0.4, -0.2) is 12.8 Å². The van der Waals surface area contributed by atoms with Gasteiger partial charge in [-0.2, -0.15) is 0 Å². The molecule has 17 heavy (non-hydrogen) atoms. The SMILES string of the molecule is C=CCCC(=O)OCc1ccc2c(c1)OCO2. The largest absolute Gasteiger partial charge is 0.461 e. The number of carbonyl (C=O) groups is 1. The van der Waals surface area contributed by atoms with E-state index in [0.29, 0.717) is 18.6 Å². The summed E-state index contributed by atoms with van der Waals surface area (Å²) in [5, 5.41) is 0. The van der Waals surface area contributed by atoms with Crippen molar-refractivity contribution in [3.05, 3.63) is 36.4 Å². The number of hydrogen-bond acceptors (Lipinski definition) is 4. The molecule has 0 fully saturated rings. The molecule has 0 unspecified atom stereocenters. The van der Waals surface area contributed by atoms with Gasteiger partial charge in [-0.3, -0.25) is 4.79 Å². The molecule has 4 nitrogen and oxygen atoms in total. The van der Waals surface area contributed by atoms with Crippen LogP contribution in [0.25, 0.3) is 0 Å². The second kappa shape index (κ2) is 5.39. The van der Waals surface area contributed by atoms with Gasteiger partial charge >= 0.3 is 5.97 Å². The van der Waals surface area contributed by atoms with Crippen molar-refractivity contribution in [2.75, 3.05) is 6.79 Å². The van der Waals surface area contributed by atoms with Crippen LogP contribution < -0.4 is 9.47 Å². The Morgan fingerprint density at radius 2 is 2.24 bits per heavy atom. The molecule has 4 heteroatoms. The molecule has 1 aliphatic rings. The first kappa shape index (κ1) is 11.5. The van der Waals surface area contributed by atoms with Gasteiger partial charge in [-0.25, -0.2) is 0 Å². The van der Waals surface area contributed by atoms with Gasteiger partial charge in [0.15, 0.2) is 11.5 Å². The summed E-state index contributed by atoms with van der Waals surface area (Å²) in [7, 11) is 0. The number of ether oxygens (including phenoxy) is 3. The molecule has 1 heterocycles. The van der Waals surface area contributed by atoms with E-state index in [4.69, 9.17) is 14.2 Å². The third kappa shape index (κ3) is 3.00. The monoisotopic (exact) mass is 234 g/mol. The lowest BCUT2D eigenvalue weighted by Gasteiger charge is -2.05. The number of carbonyl (C=O) groups excluding carboxylic acids is 1. The van der Waals surface area contributed by atoms with E-state index in [9.17, 15) is 4.79 Å². The number of benzene rings is 1. The quantitative estimate of drug-likeness (QED) is 0.579. The third-order valence-corrected chi connectivity index (χ3v) is 2.39. The smallest absolute Gasteiger partial charge is 0.306 e. The van der Waals surface area contributed by atoms with Crippen LogP contribution in [0.15, 0.2) is 30.9 Å². The second-order valence-electron chi connectivity index (χ2n) is 3.68. The molecule has 1 aliphatic heterocycles. The Labute approximate surface area is 99.8 Å². The molecule has 1 aromatic carbocycles. The van der Waals surface area contributed by atoms with Crippen molar-refractivity contribution < 1.29 is 19.0 Å². The van der Waals surface area contributed by atoms with Crippen molar-refractivity contribution in [3.8, 4) is 11.5 Å². The maximum Gasteiger partial charge on any atom is 0.306 e. The number of allylic oxidation sites excluding steroid dienone is 1.